The van der Waals surface area contributed by atoms with Crippen LogP contribution in [0.1, 0.15) is 31.2 Å². The average molecular weight is 261 g/mol. The Labute approximate surface area is 113 Å². The summed E-state index contributed by atoms with van der Waals surface area (Å²) in [4.78, 5) is 11.9. The summed E-state index contributed by atoms with van der Waals surface area (Å²) in [5.74, 6) is 0.179. The highest BCUT2D eigenvalue weighted by molar-refractivity contribution is 5.73. The average Bonchev–Trinajstić information content (AvgIpc) is 2.47. The molecule has 1 N–H and O–H groups in total. The molecule has 0 amide bonds. The van der Waals surface area contributed by atoms with Crippen molar-refractivity contribution in [1.82, 2.24) is 0 Å². The fourth-order valence-electron chi connectivity index (χ4n) is 2.44. The van der Waals surface area contributed by atoms with Gasteiger partial charge in [0.15, 0.2) is 0 Å². The van der Waals surface area contributed by atoms with Gasteiger partial charge < -0.3 is 9.94 Å². The Bertz CT molecular complexity index is 422. The second kappa shape index (κ2) is 6.92. The number of hydrogen-bond acceptors (Lipinski definition) is 4. The molecule has 1 aromatic rings. The molecule has 1 aliphatic rings. The van der Waals surface area contributed by atoms with E-state index < -0.39 is 0 Å². The number of benzene rings is 1. The van der Waals surface area contributed by atoms with E-state index in [0.29, 0.717) is 12.5 Å². The molecule has 1 fully saturated rings. The number of esters is 1. The zero-order valence-corrected chi connectivity index (χ0v) is 10.9. The highest BCUT2D eigenvalue weighted by Gasteiger charge is 2.26. The van der Waals surface area contributed by atoms with Gasteiger partial charge in [-0.2, -0.15) is 0 Å². The van der Waals surface area contributed by atoms with E-state index in [1.807, 2.05) is 30.3 Å². The lowest BCUT2D eigenvalue weighted by Gasteiger charge is -2.24. The summed E-state index contributed by atoms with van der Waals surface area (Å²) in [7, 11) is 0. The normalized spacial score (nSPS) is 23.4. The molecule has 0 spiro atoms. The van der Waals surface area contributed by atoms with Gasteiger partial charge in [-0.05, 0) is 37.2 Å². The van der Waals surface area contributed by atoms with Crippen LogP contribution in [-0.2, 0) is 16.1 Å². The van der Waals surface area contributed by atoms with Crippen LogP contribution in [0.3, 0.4) is 0 Å². The molecule has 0 aromatic heterocycles. The largest absolute Gasteiger partial charge is 0.461 e. The highest BCUT2D eigenvalue weighted by Crippen LogP contribution is 2.28. The van der Waals surface area contributed by atoms with Crippen molar-refractivity contribution >= 4 is 12.2 Å². The minimum Gasteiger partial charge on any atom is -0.461 e. The zero-order chi connectivity index (χ0) is 13.5. The molecule has 102 valence electrons. The van der Waals surface area contributed by atoms with Gasteiger partial charge in [0.05, 0.1) is 5.92 Å². The van der Waals surface area contributed by atoms with E-state index >= 15 is 0 Å². The topological polar surface area (TPSA) is 58.9 Å². The van der Waals surface area contributed by atoms with Crippen LogP contribution in [0.25, 0.3) is 0 Å². The molecule has 0 aliphatic heterocycles. The van der Waals surface area contributed by atoms with Crippen LogP contribution in [0.15, 0.2) is 35.5 Å². The van der Waals surface area contributed by atoms with Crippen LogP contribution in [0.4, 0.5) is 0 Å². The summed E-state index contributed by atoms with van der Waals surface area (Å²) in [5, 5.41) is 11.5. The summed E-state index contributed by atoms with van der Waals surface area (Å²) in [6.07, 6.45) is 4.95. The van der Waals surface area contributed by atoms with E-state index in [4.69, 9.17) is 9.94 Å². The zero-order valence-electron chi connectivity index (χ0n) is 10.9. The van der Waals surface area contributed by atoms with Crippen molar-refractivity contribution in [1.29, 1.82) is 0 Å². The molecule has 19 heavy (non-hydrogen) atoms. The first-order chi connectivity index (χ1) is 9.29. The standard InChI is InChI=1S/C15H19NO3/c17-15(19-11-13-4-2-1-3-5-13)14-8-6-12(7-9-14)10-16-18/h1-5,10,12,14,18H,6-9,11H2. The Morgan fingerprint density at radius 1 is 1.26 bits per heavy atom. The van der Waals surface area contributed by atoms with Gasteiger partial charge >= 0.3 is 5.97 Å². The monoisotopic (exact) mass is 261 g/mol. The number of carbonyl (C=O) groups excluding carboxylic acids is 1. The third kappa shape index (κ3) is 4.09. The van der Waals surface area contributed by atoms with Gasteiger partial charge in [0, 0.05) is 6.21 Å². The molecule has 0 saturated heterocycles. The maximum atomic E-state index is 11.9. The maximum Gasteiger partial charge on any atom is 0.309 e. The Kier molecular flexibility index (Phi) is 4.95. The lowest BCUT2D eigenvalue weighted by Crippen LogP contribution is -2.24. The predicted molar refractivity (Wildman–Crippen MR) is 72.0 cm³/mol. The van der Waals surface area contributed by atoms with E-state index in [-0.39, 0.29) is 11.9 Å². The van der Waals surface area contributed by atoms with Gasteiger partial charge in [-0.25, -0.2) is 0 Å². The molecular formula is C15H19NO3. The number of hydrogen-bond donors (Lipinski definition) is 1. The first-order valence-electron chi connectivity index (χ1n) is 6.67. The van der Waals surface area contributed by atoms with Crippen molar-refractivity contribution in [3.8, 4) is 0 Å². The Balaban J connectivity index is 1.75. The van der Waals surface area contributed by atoms with E-state index in [9.17, 15) is 4.79 Å². The van der Waals surface area contributed by atoms with Crippen molar-refractivity contribution in [2.45, 2.75) is 32.3 Å². The minimum absolute atomic E-state index is 0.00736. The first kappa shape index (κ1) is 13.6. The van der Waals surface area contributed by atoms with E-state index in [1.54, 1.807) is 6.21 Å². The molecule has 0 atom stereocenters. The van der Waals surface area contributed by atoms with Crippen molar-refractivity contribution in [3.63, 3.8) is 0 Å². The summed E-state index contributed by atoms with van der Waals surface area (Å²) in [5.41, 5.74) is 1.01. The molecule has 1 aliphatic carbocycles. The Morgan fingerprint density at radius 3 is 2.58 bits per heavy atom. The van der Waals surface area contributed by atoms with E-state index in [1.165, 1.54) is 0 Å². The molecule has 1 aromatic carbocycles. The van der Waals surface area contributed by atoms with Crippen LogP contribution in [0, 0.1) is 11.8 Å². The molecule has 4 heteroatoms. The van der Waals surface area contributed by atoms with Gasteiger partial charge in [-0.1, -0.05) is 30.3 Å². The first-order valence-corrected chi connectivity index (χ1v) is 6.67. The third-order valence-electron chi connectivity index (χ3n) is 3.61. The van der Waals surface area contributed by atoms with E-state index in [2.05, 4.69) is 5.16 Å². The van der Waals surface area contributed by atoms with Crippen molar-refractivity contribution < 1.29 is 14.7 Å². The Morgan fingerprint density at radius 2 is 1.95 bits per heavy atom. The summed E-state index contributed by atoms with van der Waals surface area (Å²) in [6, 6.07) is 9.70. The predicted octanol–water partition coefficient (Wildman–Crippen LogP) is 3.00. The minimum atomic E-state index is -0.108. The number of rotatable bonds is 4. The van der Waals surface area contributed by atoms with Crippen LogP contribution < -0.4 is 0 Å². The fraction of sp³-hybridized carbons (Fsp3) is 0.467. The van der Waals surface area contributed by atoms with Crippen molar-refractivity contribution in [3.05, 3.63) is 35.9 Å². The molecule has 0 bridgehead atoms. The second-order valence-corrected chi connectivity index (χ2v) is 4.97. The smallest absolute Gasteiger partial charge is 0.309 e. The lowest BCUT2D eigenvalue weighted by atomic mass is 9.83. The van der Waals surface area contributed by atoms with Crippen LogP contribution in [0.2, 0.25) is 0 Å². The van der Waals surface area contributed by atoms with E-state index in [0.717, 1.165) is 31.2 Å². The molecule has 0 radical (unpaired) electrons. The van der Waals surface area contributed by atoms with Crippen LogP contribution in [0.5, 0.6) is 0 Å². The Hall–Kier alpha value is -1.84. The summed E-state index contributed by atoms with van der Waals surface area (Å²) in [6.45, 7) is 0.345. The highest BCUT2D eigenvalue weighted by atomic mass is 16.5. The third-order valence-corrected chi connectivity index (χ3v) is 3.61. The van der Waals surface area contributed by atoms with Gasteiger partial charge in [-0.15, -0.1) is 5.16 Å². The number of nitrogens with zero attached hydrogens (tertiary/aromatic N) is 1. The van der Waals surface area contributed by atoms with Crippen LogP contribution in [-0.4, -0.2) is 17.4 Å². The summed E-state index contributed by atoms with van der Waals surface area (Å²) >= 11 is 0. The second-order valence-electron chi connectivity index (χ2n) is 4.97. The number of ether oxygens (including phenoxy) is 1. The molecule has 2 rings (SSSR count). The molecule has 4 nitrogen and oxygen atoms in total. The van der Waals surface area contributed by atoms with Gasteiger partial charge in [-0.3, -0.25) is 4.79 Å². The van der Waals surface area contributed by atoms with Gasteiger partial charge in [0.1, 0.15) is 6.61 Å². The van der Waals surface area contributed by atoms with Crippen molar-refractivity contribution in [2.75, 3.05) is 0 Å². The lowest BCUT2D eigenvalue weighted by molar-refractivity contribution is -0.151. The fourth-order valence-corrected chi connectivity index (χ4v) is 2.44. The molecule has 0 heterocycles. The van der Waals surface area contributed by atoms with Crippen molar-refractivity contribution in [2.24, 2.45) is 17.0 Å². The van der Waals surface area contributed by atoms with Gasteiger partial charge in [0.25, 0.3) is 0 Å². The van der Waals surface area contributed by atoms with Gasteiger partial charge in [0.2, 0.25) is 0 Å². The SMILES string of the molecule is O=C(OCc1ccccc1)C1CCC(C=NO)CC1. The molecule has 1 saturated carbocycles. The van der Waals surface area contributed by atoms with Crippen LogP contribution >= 0.6 is 0 Å². The summed E-state index contributed by atoms with van der Waals surface area (Å²) < 4.78 is 5.34. The number of oxime groups is 1. The number of carbonyl (C=O) groups is 1. The maximum absolute atomic E-state index is 11.9. The molecular weight excluding hydrogens is 242 g/mol. The quantitative estimate of drug-likeness (QED) is 0.392. The molecule has 0 unspecified atom stereocenters.